The highest BCUT2D eigenvalue weighted by molar-refractivity contribution is 5.17. The Balaban J connectivity index is 2.65. The van der Waals surface area contributed by atoms with Gasteiger partial charge in [-0.1, -0.05) is 6.58 Å². The maximum atomic E-state index is 9.02. The summed E-state index contributed by atoms with van der Waals surface area (Å²) in [6, 6.07) is 0. The monoisotopic (exact) mass is 152 g/mol. The minimum atomic E-state index is -0.308. The molecule has 1 aromatic rings. The van der Waals surface area contributed by atoms with Gasteiger partial charge in [-0.25, -0.2) is 4.68 Å². The third kappa shape index (κ3) is 2.20. The van der Waals surface area contributed by atoms with E-state index < -0.39 is 0 Å². The molecular weight excluding hydrogens is 140 g/mol. The molecule has 11 heavy (non-hydrogen) atoms. The molecule has 1 rings (SSSR count). The predicted octanol–water partition coefficient (Wildman–Crippen LogP) is 0.907. The zero-order valence-corrected chi connectivity index (χ0v) is 6.57. The smallest absolute Gasteiger partial charge is 0.0553 e. The van der Waals surface area contributed by atoms with Crippen LogP contribution >= 0.6 is 0 Å². The molecule has 0 aromatic carbocycles. The van der Waals surface area contributed by atoms with Crippen LogP contribution in [-0.4, -0.2) is 21.0 Å². The Morgan fingerprint density at radius 2 is 2.64 bits per heavy atom. The molecule has 1 N–H and O–H groups in total. The van der Waals surface area contributed by atoms with E-state index in [1.165, 1.54) is 0 Å². The second-order valence-electron chi connectivity index (χ2n) is 2.56. The molecule has 60 valence electrons. The van der Waals surface area contributed by atoms with Gasteiger partial charge < -0.3 is 5.11 Å². The molecule has 1 heterocycles. The van der Waals surface area contributed by atoms with Gasteiger partial charge in [-0.3, -0.25) is 0 Å². The van der Waals surface area contributed by atoms with Crippen molar-refractivity contribution < 1.29 is 5.11 Å². The minimum absolute atomic E-state index is 0.308. The molecule has 0 aliphatic rings. The van der Waals surface area contributed by atoms with E-state index in [-0.39, 0.29) is 6.10 Å². The largest absolute Gasteiger partial charge is 0.393 e. The molecule has 0 spiro atoms. The van der Waals surface area contributed by atoms with Crippen molar-refractivity contribution in [3.63, 3.8) is 0 Å². The first-order chi connectivity index (χ1) is 5.22. The Labute approximate surface area is 66.0 Å². The lowest BCUT2D eigenvalue weighted by molar-refractivity contribution is 0.195. The van der Waals surface area contributed by atoms with E-state index in [9.17, 15) is 0 Å². The van der Waals surface area contributed by atoms with Gasteiger partial charge in [-0.05, 0) is 12.5 Å². The van der Waals surface area contributed by atoms with Crippen LogP contribution < -0.4 is 0 Å². The molecule has 0 saturated heterocycles. The van der Waals surface area contributed by atoms with Crippen molar-refractivity contribution in [1.82, 2.24) is 9.78 Å². The standard InChI is InChI=1S/C8H12N2O/c1-3-10-6-8(5-9-10)4-7(2)11/h3,5-7,11H,1,4H2,2H3/t7-/m0/s1. The SMILES string of the molecule is C=Cn1cc(C[C@H](C)O)cn1. The zero-order chi connectivity index (χ0) is 8.27. The Hall–Kier alpha value is -1.09. The highest BCUT2D eigenvalue weighted by atomic mass is 16.3. The van der Waals surface area contributed by atoms with Crippen molar-refractivity contribution in [2.24, 2.45) is 0 Å². The average molecular weight is 152 g/mol. The van der Waals surface area contributed by atoms with Gasteiger partial charge in [-0.15, -0.1) is 0 Å². The van der Waals surface area contributed by atoms with E-state index in [4.69, 9.17) is 5.11 Å². The van der Waals surface area contributed by atoms with Gasteiger partial charge in [0.25, 0.3) is 0 Å². The third-order valence-electron chi connectivity index (χ3n) is 1.37. The van der Waals surface area contributed by atoms with Crippen LogP contribution in [0.15, 0.2) is 19.0 Å². The van der Waals surface area contributed by atoms with E-state index >= 15 is 0 Å². The van der Waals surface area contributed by atoms with Gasteiger partial charge in [0.2, 0.25) is 0 Å². The second kappa shape index (κ2) is 3.34. The number of hydrogen-bond donors (Lipinski definition) is 1. The molecule has 0 amide bonds. The summed E-state index contributed by atoms with van der Waals surface area (Å²) in [7, 11) is 0. The van der Waals surface area contributed by atoms with E-state index in [1.54, 1.807) is 24.0 Å². The van der Waals surface area contributed by atoms with Crippen LogP contribution in [0.1, 0.15) is 12.5 Å². The maximum absolute atomic E-state index is 9.02. The second-order valence-corrected chi connectivity index (χ2v) is 2.56. The van der Waals surface area contributed by atoms with Crippen LogP contribution in [0, 0.1) is 0 Å². The summed E-state index contributed by atoms with van der Waals surface area (Å²) in [4.78, 5) is 0. The highest BCUT2D eigenvalue weighted by Crippen LogP contribution is 2.01. The number of aliphatic hydroxyl groups is 1. The normalized spacial score (nSPS) is 12.9. The van der Waals surface area contributed by atoms with Crippen molar-refractivity contribution in [3.05, 3.63) is 24.5 Å². The molecule has 0 radical (unpaired) electrons. The lowest BCUT2D eigenvalue weighted by Crippen LogP contribution is -2.02. The first-order valence-corrected chi connectivity index (χ1v) is 3.56. The Morgan fingerprint density at radius 3 is 3.09 bits per heavy atom. The molecule has 0 aliphatic heterocycles. The van der Waals surface area contributed by atoms with Crippen molar-refractivity contribution in [2.75, 3.05) is 0 Å². The van der Waals surface area contributed by atoms with Gasteiger partial charge in [0.05, 0.1) is 12.3 Å². The fourth-order valence-corrected chi connectivity index (χ4v) is 0.924. The summed E-state index contributed by atoms with van der Waals surface area (Å²) in [6.45, 7) is 5.32. The highest BCUT2D eigenvalue weighted by Gasteiger charge is 2.00. The van der Waals surface area contributed by atoms with E-state index in [1.807, 2.05) is 6.20 Å². The molecule has 0 fully saturated rings. The number of aromatic nitrogens is 2. The molecule has 1 atom stereocenters. The summed E-state index contributed by atoms with van der Waals surface area (Å²) in [6.07, 6.45) is 5.53. The summed E-state index contributed by atoms with van der Waals surface area (Å²) >= 11 is 0. The zero-order valence-electron chi connectivity index (χ0n) is 6.57. The van der Waals surface area contributed by atoms with Gasteiger partial charge in [-0.2, -0.15) is 5.10 Å². The van der Waals surface area contributed by atoms with Crippen molar-refractivity contribution in [3.8, 4) is 0 Å². The Kier molecular flexibility index (Phi) is 2.44. The third-order valence-corrected chi connectivity index (χ3v) is 1.37. The molecule has 0 saturated carbocycles. The molecular formula is C8H12N2O. The first kappa shape index (κ1) is 8.01. The van der Waals surface area contributed by atoms with Gasteiger partial charge in [0.15, 0.2) is 0 Å². The maximum Gasteiger partial charge on any atom is 0.0553 e. The van der Waals surface area contributed by atoms with Crippen molar-refractivity contribution >= 4 is 6.20 Å². The van der Waals surface area contributed by atoms with Crippen molar-refractivity contribution in [1.29, 1.82) is 0 Å². The minimum Gasteiger partial charge on any atom is -0.393 e. The number of hydrogen-bond acceptors (Lipinski definition) is 2. The quantitative estimate of drug-likeness (QED) is 0.699. The van der Waals surface area contributed by atoms with Gasteiger partial charge in [0, 0.05) is 18.8 Å². The van der Waals surface area contributed by atoms with Crippen LogP contribution in [0.4, 0.5) is 0 Å². The lowest BCUT2D eigenvalue weighted by atomic mass is 10.2. The van der Waals surface area contributed by atoms with Crippen LogP contribution in [0.2, 0.25) is 0 Å². The predicted molar refractivity (Wildman–Crippen MR) is 44.0 cm³/mol. The summed E-state index contributed by atoms with van der Waals surface area (Å²) in [5, 5.41) is 13.0. The number of nitrogens with zero attached hydrogens (tertiary/aromatic N) is 2. The van der Waals surface area contributed by atoms with Crippen LogP contribution in [0.5, 0.6) is 0 Å². The molecule has 3 nitrogen and oxygen atoms in total. The number of aliphatic hydroxyl groups excluding tert-OH is 1. The number of rotatable bonds is 3. The molecule has 0 bridgehead atoms. The fraction of sp³-hybridized carbons (Fsp3) is 0.375. The fourth-order valence-electron chi connectivity index (χ4n) is 0.924. The van der Waals surface area contributed by atoms with E-state index in [0.717, 1.165) is 5.56 Å². The van der Waals surface area contributed by atoms with Crippen LogP contribution in [0.3, 0.4) is 0 Å². The average Bonchev–Trinajstić information content (AvgIpc) is 2.34. The summed E-state index contributed by atoms with van der Waals surface area (Å²) in [5.74, 6) is 0. The van der Waals surface area contributed by atoms with E-state index in [0.29, 0.717) is 6.42 Å². The van der Waals surface area contributed by atoms with Crippen LogP contribution in [0.25, 0.3) is 6.20 Å². The molecule has 0 unspecified atom stereocenters. The summed E-state index contributed by atoms with van der Waals surface area (Å²) in [5.41, 5.74) is 1.03. The Bertz CT molecular complexity index is 240. The molecule has 1 aromatic heterocycles. The van der Waals surface area contributed by atoms with Crippen molar-refractivity contribution in [2.45, 2.75) is 19.4 Å². The van der Waals surface area contributed by atoms with Gasteiger partial charge >= 0.3 is 0 Å². The van der Waals surface area contributed by atoms with Gasteiger partial charge in [0.1, 0.15) is 0 Å². The van der Waals surface area contributed by atoms with Crippen LogP contribution in [-0.2, 0) is 6.42 Å². The Morgan fingerprint density at radius 1 is 1.91 bits per heavy atom. The first-order valence-electron chi connectivity index (χ1n) is 3.56. The topological polar surface area (TPSA) is 38.0 Å². The lowest BCUT2D eigenvalue weighted by Gasteiger charge is -1.98. The van der Waals surface area contributed by atoms with E-state index in [2.05, 4.69) is 11.7 Å². The summed E-state index contributed by atoms with van der Waals surface area (Å²) < 4.78 is 1.62. The molecule has 3 heteroatoms. The molecule has 0 aliphatic carbocycles.